The molecule has 3 rings (SSSR count). The Morgan fingerprint density at radius 2 is 1.93 bits per heavy atom. The van der Waals surface area contributed by atoms with Crippen LogP contribution in [-0.2, 0) is 11.3 Å². The van der Waals surface area contributed by atoms with Crippen LogP contribution in [0.25, 0.3) is 10.6 Å². The molecule has 8 heteroatoms. The first kappa shape index (κ1) is 19.1. The molecule has 0 fully saturated rings. The Morgan fingerprint density at radius 1 is 1.15 bits per heavy atom. The van der Waals surface area contributed by atoms with Crippen LogP contribution in [0.5, 0.6) is 11.5 Å². The first-order valence-electron chi connectivity index (χ1n) is 7.80. The molecule has 140 valence electrons. The molecule has 0 saturated heterocycles. The number of esters is 1. The Labute approximate surface area is 164 Å². The van der Waals surface area contributed by atoms with Gasteiger partial charge < -0.3 is 14.2 Å². The molecule has 5 nitrogen and oxygen atoms in total. The van der Waals surface area contributed by atoms with E-state index in [1.54, 1.807) is 25.7 Å². The fraction of sp³-hybridized carbons (Fsp3) is 0.158. The van der Waals surface area contributed by atoms with Crippen LogP contribution in [0.4, 0.5) is 4.39 Å². The van der Waals surface area contributed by atoms with E-state index in [1.165, 1.54) is 23.5 Å². The quantitative estimate of drug-likeness (QED) is 0.539. The zero-order chi connectivity index (χ0) is 19.4. The van der Waals surface area contributed by atoms with Gasteiger partial charge in [0.25, 0.3) is 0 Å². The number of carbonyl (C=O) groups is 1. The van der Waals surface area contributed by atoms with Crippen molar-refractivity contribution in [3.05, 3.63) is 63.9 Å². The summed E-state index contributed by atoms with van der Waals surface area (Å²) in [5, 5.41) is 2.76. The average molecular weight is 408 g/mol. The smallest absolute Gasteiger partial charge is 0.341 e. The van der Waals surface area contributed by atoms with Gasteiger partial charge in [-0.3, -0.25) is 0 Å². The highest BCUT2D eigenvalue weighted by Crippen LogP contribution is 2.33. The Hall–Kier alpha value is -2.64. The summed E-state index contributed by atoms with van der Waals surface area (Å²) in [5.74, 6) is -0.269. The SMILES string of the molecule is COc1ccc(-c2nc(COC(=O)c3cc(Cl)ccc3F)cs2)cc1OC. The van der Waals surface area contributed by atoms with Crippen LogP contribution < -0.4 is 9.47 Å². The zero-order valence-electron chi connectivity index (χ0n) is 14.5. The molecule has 0 atom stereocenters. The van der Waals surface area contributed by atoms with Crippen molar-refractivity contribution in [2.24, 2.45) is 0 Å². The number of ether oxygens (including phenoxy) is 3. The van der Waals surface area contributed by atoms with E-state index in [2.05, 4.69) is 4.98 Å². The maximum absolute atomic E-state index is 13.7. The second kappa shape index (κ2) is 8.37. The van der Waals surface area contributed by atoms with Crippen LogP contribution in [0.2, 0.25) is 5.02 Å². The van der Waals surface area contributed by atoms with Gasteiger partial charge in [-0.2, -0.15) is 0 Å². The van der Waals surface area contributed by atoms with Crippen LogP contribution in [-0.4, -0.2) is 25.2 Å². The van der Waals surface area contributed by atoms with Gasteiger partial charge >= 0.3 is 5.97 Å². The summed E-state index contributed by atoms with van der Waals surface area (Å²) in [5.41, 5.74) is 1.19. The number of halogens is 2. The Bertz CT molecular complexity index is 976. The zero-order valence-corrected chi connectivity index (χ0v) is 16.1. The fourth-order valence-corrected chi connectivity index (χ4v) is 3.32. The predicted molar refractivity (Wildman–Crippen MR) is 101 cm³/mol. The van der Waals surface area contributed by atoms with E-state index in [1.807, 2.05) is 12.1 Å². The van der Waals surface area contributed by atoms with Gasteiger partial charge in [0.1, 0.15) is 17.4 Å². The minimum absolute atomic E-state index is 0.0748. The van der Waals surface area contributed by atoms with Crippen molar-refractivity contribution in [1.82, 2.24) is 4.98 Å². The topological polar surface area (TPSA) is 57.7 Å². The molecule has 3 aromatic rings. The monoisotopic (exact) mass is 407 g/mol. The van der Waals surface area contributed by atoms with E-state index >= 15 is 0 Å². The van der Waals surface area contributed by atoms with Gasteiger partial charge in [0.15, 0.2) is 11.5 Å². The van der Waals surface area contributed by atoms with Crippen LogP contribution in [0.15, 0.2) is 41.8 Å². The highest BCUT2D eigenvalue weighted by atomic mass is 35.5. The van der Waals surface area contributed by atoms with Crippen LogP contribution >= 0.6 is 22.9 Å². The van der Waals surface area contributed by atoms with E-state index in [0.717, 1.165) is 16.6 Å². The van der Waals surface area contributed by atoms with E-state index in [9.17, 15) is 9.18 Å². The first-order chi connectivity index (χ1) is 13.0. The average Bonchev–Trinajstić information content (AvgIpc) is 3.16. The first-order valence-corrected chi connectivity index (χ1v) is 9.06. The van der Waals surface area contributed by atoms with Gasteiger partial charge in [0.2, 0.25) is 0 Å². The Balaban J connectivity index is 1.71. The Morgan fingerprint density at radius 3 is 2.67 bits per heavy atom. The molecule has 0 aliphatic rings. The molecule has 0 saturated carbocycles. The number of aromatic nitrogens is 1. The predicted octanol–water partition coefficient (Wildman–Crippen LogP) is 4.98. The lowest BCUT2D eigenvalue weighted by Gasteiger charge is -2.08. The minimum atomic E-state index is -0.796. The lowest BCUT2D eigenvalue weighted by atomic mass is 10.2. The molecule has 0 radical (unpaired) electrons. The third-order valence-electron chi connectivity index (χ3n) is 3.68. The van der Waals surface area contributed by atoms with Crippen LogP contribution in [0.3, 0.4) is 0 Å². The van der Waals surface area contributed by atoms with E-state index in [0.29, 0.717) is 17.2 Å². The van der Waals surface area contributed by atoms with Gasteiger partial charge in [-0.15, -0.1) is 11.3 Å². The number of hydrogen-bond acceptors (Lipinski definition) is 6. The number of nitrogens with zero attached hydrogens (tertiary/aromatic N) is 1. The minimum Gasteiger partial charge on any atom is -0.493 e. The van der Waals surface area contributed by atoms with Crippen molar-refractivity contribution in [3.63, 3.8) is 0 Å². The summed E-state index contributed by atoms with van der Waals surface area (Å²) in [4.78, 5) is 16.5. The molecular weight excluding hydrogens is 393 g/mol. The molecular formula is C19H15ClFNO4S. The highest BCUT2D eigenvalue weighted by molar-refractivity contribution is 7.13. The summed E-state index contributed by atoms with van der Waals surface area (Å²) < 4.78 is 29.4. The third kappa shape index (κ3) is 4.37. The molecule has 0 aliphatic heterocycles. The molecule has 27 heavy (non-hydrogen) atoms. The highest BCUT2D eigenvalue weighted by Gasteiger charge is 2.15. The van der Waals surface area contributed by atoms with E-state index in [-0.39, 0.29) is 17.2 Å². The normalized spacial score (nSPS) is 10.5. The summed E-state index contributed by atoms with van der Waals surface area (Å²) in [6, 6.07) is 9.18. The van der Waals surface area contributed by atoms with Crippen molar-refractivity contribution in [2.75, 3.05) is 14.2 Å². The lowest BCUT2D eigenvalue weighted by molar-refractivity contribution is 0.0463. The van der Waals surface area contributed by atoms with Crippen molar-refractivity contribution < 1.29 is 23.4 Å². The van der Waals surface area contributed by atoms with Crippen molar-refractivity contribution in [3.8, 4) is 22.1 Å². The third-order valence-corrected chi connectivity index (χ3v) is 4.86. The van der Waals surface area contributed by atoms with Crippen LogP contribution in [0.1, 0.15) is 16.1 Å². The molecule has 0 N–H and O–H groups in total. The van der Waals surface area contributed by atoms with Gasteiger partial charge in [-0.05, 0) is 36.4 Å². The molecule has 0 amide bonds. The maximum Gasteiger partial charge on any atom is 0.341 e. The fourth-order valence-electron chi connectivity index (χ4n) is 2.35. The van der Waals surface area contributed by atoms with Gasteiger partial charge in [-0.25, -0.2) is 14.2 Å². The van der Waals surface area contributed by atoms with Crippen LogP contribution in [0, 0.1) is 5.82 Å². The number of benzene rings is 2. The second-order valence-corrected chi connectivity index (χ2v) is 6.71. The lowest BCUT2D eigenvalue weighted by Crippen LogP contribution is -2.07. The second-order valence-electron chi connectivity index (χ2n) is 5.41. The molecule has 0 spiro atoms. The van der Waals surface area contributed by atoms with Crippen molar-refractivity contribution >= 4 is 28.9 Å². The number of carbonyl (C=O) groups excluding carboxylic acids is 1. The summed E-state index contributed by atoms with van der Waals surface area (Å²) in [6.07, 6.45) is 0. The number of hydrogen-bond donors (Lipinski definition) is 0. The maximum atomic E-state index is 13.7. The molecule has 2 aromatic carbocycles. The number of methoxy groups -OCH3 is 2. The number of thiazole rings is 1. The van der Waals surface area contributed by atoms with Gasteiger partial charge in [-0.1, -0.05) is 11.6 Å². The standard InChI is InChI=1S/C19H15ClFNO4S/c1-24-16-6-3-11(7-17(16)25-2)18-22-13(10-27-18)9-26-19(23)14-8-12(20)4-5-15(14)21/h3-8,10H,9H2,1-2H3. The summed E-state index contributed by atoms with van der Waals surface area (Å²) in [7, 11) is 3.12. The molecule has 1 heterocycles. The summed E-state index contributed by atoms with van der Waals surface area (Å²) >= 11 is 7.19. The van der Waals surface area contributed by atoms with E-state index in [4.69, 9.17) is 25.8 Å². The van der Waals surface area contributed by atoms with Crippen molar-refractivity contribution in [2.45, 2.75) is 6.61 Å². The molecule has 0 unspecified atom stereocenters. The Kier molecular flexibility index (Phi) is 5.93. The van der Waals surface area contributed by atoms with Gasteiger partial charge in [0.05, 0.1) is 25.5 Å². The van der Waals surface area contributed by atoms with E-state index < -0.39 is 11.8 Å². The molecule has 0 bridgehead atoms. The van der Waals surface area contributed by atoms with Crippen molar-refractivity contribution in [1.29, 1.82) is 0 Å². The van der Waals surface area contributed by atoms with Gasteiger partial charge in [0, 0.05) is 16.0 Å². The summed E-state index contributed by atoms with van der Waals surface area (Å²) in [6.45, 7) is -0.0748. The largest absolute Gasteiger partial charge is 0.493 e. The molecule has 0 aliphatic carbocycles. The molecule has 1 aromatic heterocycles. The number of rotatable bonds is 6.